The average Bonchev–Trinajstić information content (AvgIpc) is 2.72. The van der Waals surface area contributed by atoms with Gasteiger partial charge in [0, 0.05) is 11.8 Å². The molecule has 2 N–H and O–H groups in total. The minimum atomic E-state index is -3.87. The Hall–Kier alpha value is -3.66. The van der Waals surface area contributed by atoms with Crippen LogP contribution < -0.4 is 19.5 Å². The summed E-state index contributed by atoms with van der Waals surface area (Å²) in [6, 6.07) is 12.8. The highest BCUT2D eigenvalue weighted by atomic mass is 32.2. The van der Waals surface area contributed by atoms with Crippen LogP contribution in [0.1, 0.15) is 11.1 Å². The molecule has 1 aromatic heterocycles. The molecule has 31 heavy (non-hydrogen) atoms. The maximum absolute atomic E-state index is 12.5. The molecular weight excluding hydrogens is 420 g/mol. The smallest absolute Gasteiger partial charge is 0.263 e. The number of carbonyl (C=O) groups excluding carboxylic acids is 1. The lowest BCUT2D eigenvalue weighted by Gasteiger charge is -2.10. The molecule has 2 aromatic carbocycles. The third-order valence-corrected chi connectivity index (χ3v) is 5.47. The van der Waals surface area contributed by atoms with E-state index in [0.29, 0.717) is 11.4 Å². The highest BCUT2D eigenvalue weighted by Crippen LogP contribution is 2.19. The summed E-state index contributed by atoms with van der Waals surface area (Å²) in [5.74, 6) is 0.559. The third-order valence-electron chi connectivity index (χ3n) is 4.10. The van der Waals surface area contributed by atoms with Crippen LogP contribution in [-0.2, 0) is 14.8 Å². The summed E-state index contributed by atoms with van der Waals surface area (Å²) in [6.45, 7) is 3.73. The molecule has 0 radical (unpaired) electrons. The van der Waals surface area contributed by atoms with Crippen molar-refractivity contribution in [2.75, 3.05) is 23.8 Å². The van der Waals surface area contributed by atoms with Crippen molar-refractivity contribution in [1.82, 2.24) is 9.97 Å². The molecule has 3 rings (SSSR count). The topological polar surface area (TPSA) is 120 Å². The van der Waals surface area contributed by atoms with Gasteiger partial charge < -0.3 is 14.8 Å². The standard InChI is InChI=1S/C21H22N4O5S/c1-14-8-15(2)10-17(9-14)30-12-20(26)24-16-4-6-18(7-5-16)31(27,28)25-19-11-21(29-3)23-13-22-19/h4-11,13H,12H2,1-3H3,(H,24,26)(H,22,23,25). The zero-order valence-electron chi connectivity index (χ0n) is 17.2. The average molecular weight is 442 g/mol. The van der Waals surface area contributed by atoms with E-state index in [-0.39, 0.29) is 29.1 Å². The number of hydrogen-bond acceptors (Lipinski definition) is 7. The fourth-order valence-corrected chi connectivity index (χ4v) is 3.78. The molecule has 0 fully saturated rings. The molecule has 1 amide bonds. The number of nitrogens with zero attached hydrogens (tertiary/aromatic N) is 2. The number of amides is 1. The number of aromatic nitrogens is 2. The van der Waals surface area contributed by atoms with Crippen molar-refractivity contribution in [3.05, 3.63) is 66.0 Å². The molecule has 10 heteroatoms. The Labute approximate surface area is 180 Å². The van der Waals surface area contributed by atoms with Crippen LogP contribution in [-0.4, -0.2) is 38.0 Å². The van der Waals surface area contributed by atoms with Crippen LogP contribution in [0.3, 0.4) is 0 Å². The Bertz CT molecular complexity index is 1160. The highest BCUT2D eigenvalue weighted by molar-refractivity contribution is 7.92. The zero-order chi connectivity index (χ0) is 22.4. The van der Waals surface area contributed by atoms with E-state index in [2.05, 4.69) is 20.0 Å². The Morgan fingerprint density at radius 1 is 1.00 bits per heavy atom. The Kier molecular flexibility index (Phi) is 6.71. The minimum Gasteiger partial charge on any atom is -0.484 e. The third kappa shape index (κ3) is 6.16. The molecule has 0 saturated heterocycles. The van der Waals surface area contributed by atoms with E-state index >= 15 is 0 Å². The van der Waals surface area contributed by atoms with Crippen LogP contribution in [0.4, 0.5) is 11.5 Å². The van der Waals surface area contributed by atoms with Gasteiger partial charge in [0.05, 0.1) is 12.0 Å². The molecule has 0 aliphatic rings. The van der Waals surface area contributed by atoms with Crippen LogP contribution in [0, 0.1) is 13.8 Å². The van der Waals surface area contributed by atoms with Crippen molar-refractivity contribution in [3.8, 4) is 11.6 Å². The summed E-state index contributed by atoms with van der Waals surface area (Å²) in [7, 11) is -2.45. The first-order chi connectivity index (χ1) is 14.7. The van der Waals surface area contributed by atoms with Gasteiger partial charge >= 0.3 is 0 Å². The second-order valence-electron chi connectivity index (χ2n) is 6.74. The predicted molar refractivity (Wildman–Crippen MR) is 116 cm³/mol. The lowest BCUT2D eigenvalue weighted by molar-refractivity contribution is -0.118. The van der Waals surface area contributed by atoms with Gasteiger partial charge in [0.15, 0.2) is 6.61 Å². The number of carbonyl (C=O) groups is 1. The maximum atomic E-state index is 12.5. The Morgan fingerprint density at radius 2 is 1.68 bits per heavy atom. The quantitative estimate of drug-likeness (QED) is 0.550. The number of methoxy groups -OCH3 is 1. The number of sulfonamides is 1. The first-order valence-corrected chi connectivity index (χ1v) is 10.7. The lowest BCUT2D eigenvalue weighted by Crippen LogP contribution is -2.20. The number of aryl methyl sites for hydroxylation is 2. The number of rotatable bonds is 8. The maximum Gasteiger partial charge on any atom is 0.263 e. The molecule has 9 nitrogen and oxygen atoms in total. The van der Waals surface area contributed by atoms with Crippen LogP contribution >= 0.6 is 0 Å². The SMILES string of the molecule is COc1cc(NS(=O)(=O)c2ccc(NC(=O)COc3cc(C)cc(C)c3)cc2)ncn1. The van der Waals surface area contributed by atoms with Crippen molar-refractivity contribution in [2.24, 2.45) is 0 Å². The van der Waals surface area contributed by atoms with E-state index < -0.39 is 10.0 Å². The number of hydrogen-bond donors (Lipinski definition) is 2. The number of ether oxygens (including phenoxy) is 2. The van der Waals surface area contributed by atoms with E-state index in [1.165, 1.54) is 43.8 Å². The summed E-state index contributed by atoms with van der Waals surface area (Å²) in [5.41, 5.74) is 2.53. The highest BCUT2D eigenvalue weighted by Gasteiger charge is 2.16. The summed E-state index contributed by atoms with van der Waals surface area (Å²) in [5, 5.41) is 2.67. The normalized spacial score (nSPS) is 10.9. The fourth-order valence-electron chi connectivity index (χ4n) is 2.78. The van der Waals surface area contributed by atoms with Gasteiger partial charge in [-0.2, -0.15) is 0 Å². The van der Waals surface area contributed by atoms with Crippen molar-refractivity contribution in [1.29, 1.82) is 0 Å². The van der Waals surface area contributed by atoms with Crippen LogP contribution in [0.15, 0.2) is 59.8 Å². The van der Waals surface area contributed by atoms with Gasteiger partial charge in [-0.05, 0) is 61.4 Å². The zero-order valence-corrected chi connectivity index (χ0v) is 18.1. The Morgan fingerprint density at radius 3 is 2.32 bits per heavy atom. The van der Waals surface area contributed by atoms with E-state index in [1.807, 2.05) is 32.0 Å². The molecule has 0 atom stereocenters. The van der Waals surface area contributed by atoms with E-state index in [0.717, 1.165) is 11.1 Å². The molecule has 0 saturated carbocycles. The predicted octanol–water partition coefficient (Wildman–Crippen LogP) is 2.92. The van der Waals surface area contributed by atoms with Gasteiger partial charge in [-0.1, -0.05) is 6.07 Å². The molecule has 162 valence electrons. The van der Waals surface area contributed by atoms with Crippen LogP contribution in [0.25, 0.3) is 0 Å². The molecule has 3 aromatic rings. The van der Waals surface area contributed by atoms with Gasteiger partial charge in [-0.25, -0.2) is 18.4 Å². The molecule has 0 spiro atoms. The van der Waals surface area contributed by atoms with Gasteiger partial charge in [0.25, 0.3) is 15.9 Å². The molecule has 0 aliphatic heterocycles. The van der Waals surface area contributed by atoms with Crippen LogP contribution in [0.2, 0.25) is 0 Å². The van der Waals surface area contributed by atoms with Crippen molar-refractivity contribution >= 4 is 27.4 Å². The monoisotopic (exact) mass is 442 g/mol. The minimum absolute atomic E-state index is 0.00886. The van der Waals surface area contributed by atoms with Crippen LogP contribution in [0.5, 0.6) is 11.6 Å². The van der Waals surface area contributed by atoms with Gasteiger partial charge in [-0.3, -0.25) is 9.52 Å². The largest absolute Gasteiger partial charge is 0.484 e. The van der Waals surface area contributed by atoms with Gasteiger partial charge in [0.1, 0.15) is 17.9 Å². The van der Waals surface area contributed by atoms with E-state index in [1.54, 1.807) is 0 Å². The second-order valence-corrected chi connectivity index (χ2v) is 8.42. The lowest BCUT2D eigenvalue weighted by atomic mass is 10.1. The molecule has 1 heterocycles. The number of benzene rings is 2. The first kappa shape index (κ1) is 22.0. The molecule has 0 bridgehead atoms. The van der Waals surface area contributed by atoms with E-state index in [4.69, 9.17) is 9.47 Å². The Balaban J connectivity index is 1.60. The molecule has 0 aliphatic carbocycles. The fraction of sp³-hybridized carbons (Fsp3) is 0.190. The molecule has 0 unspecified atom stereocenters. The number of anilines is 2. The van der Waals surface area contributed by atoms with E-state index in [9.17, 15) is 13.2 Å². The summed E-state index contributed by atoms with van der Waals surface area (Å²) in [6.07, 6.45) is 1.19. The van der Waals surface area contributed by atoms with Crippen molar-refractivity contribution in [3.63, 3.8) is 0 Å². The molecular formula is C21H22N4O5S. The first-order valence-electron chi connectivity index (χ1n) is 9.25. The van der Waals surface area contributed by atoms with Gasteiger partial charge in [0.2, 0.25) is 5.88 Å². The summed E-state index contributed by atoms with van der Waals surface area (Å²) < 4.78 is 37.9. The van der Waals surface area contributed by atoms with Gasteiger partial charge in [-0.15, -0.1) is 0 Å². The van der Waals surface area contributed by atoms with Crippen molar-refractivity contribution < 1.29 is 22.7 Å². The summed E-state index contributed by atoms with van der Waals surface area (Å²) in [4.78, 5) is 19.8. The second kappa shape index (κ2) is 9.43. The number of nitrogens with one attached hydrogen (secondary N) is 2. The summed E-state index contributed by atoms with van der Waals surface area (Å²) >= 11 is 0. The van der Waals surface area contributed by atoms with Crippen molar-refractivity contribution in [2.45, 2.75) is 18.7 Å².